The first kappa shape index (κ1) is 15.7. The molecule has 0 aliphatic carbocycles. The number of rotatable bonds is 5. The molecule has 0 saturated heterocycles. The minimum Gasteiger partial charge on any atom is -0.310 e. The molecule has 0 bridgehead atoms. The molecule has 0 aliphatic rings. The molecule has 112 valence electrons. The average Bonchev–Trinajstić information content (AvgIpc) is 2.44. The predicted molar refractivity (Wildman–Crippen MR) is 87.1 cm³/mol. The zero-order chi connectivity index (χ0) is 15.4. The highest BCUT2D eigenvalue weighted by atomic mass is 19.1. The third-order valence-electron chi connectivity index (χ3n) is 4.05. The Hall–Kier alpha value is -1.67. The summed E-state index contributed by atoms with van der Waals surface area (Å²) in [6.07, 6.45) is 0.907. The van der Waals surface area contributed by atoms with Gasteiger partial charge in [-0.25, -0.2) is 4.39 Å². The third kappa shape index (κ3) is 4.40. The van der Waals surface area contributed by atoms with Gasteiger partial charge in [-0.05, 0) is 74.1 Å². The summed E-state index contributed by atoms with van der Waals surface area (Å²) in [7, 11) is 0. The van der Waals surface area contributed by atoms with Crippen molar-refractivity contribution in [1.29, 1.82) is 0 Å². The van der Waals surface area contributed by atoms with Gasteiger partial charge in [0, 0.05) is 12.6 Å². The minimum atomic E-state index is -0.176. The highest BCUT2D eigenvalue weighted by Gasteiger charge is 2.06. The van der Waals surface area contributed by atoms with Crippen LogP contribution < -0.4 is 5.32 Å². The molecule has 0 aromatic heterocycles. The molecule has 0 saturated carbocycles. The molecule has 1 nitrogen and oxygen atoms in total. The van der Waals surface area contributed by atoms with Gasteiger partial charge < -0.3 is 5.32 Å². The number of nitrogens with one attached hydrogen (secondary N) is 1. The molecule has 1 N–H and O–H groups in total. The second kappa shape index (κ2) is 6.86. The summed E-state index contributed by atoms with van der Waals surface area (Å²) >= 11 is 0. The lowest BCUT2D eigenvalue weighted by atomic mass is 10.0. The van der Waals surface area contributed by atoms with Gasteiger partial charge in [0.05, 0.1) is 0 Å². The maximum atomic E-state index is 12.9. The van der Waals surface area contributed by atoms with Gasteiger partial charge in [0.15, 0.2) is 0 Å². The molecular formula is C19H24FN. The highest BCUT2D eigenvalue weighted by Crippen LogP contribution is 2.15. The predicted octanol–water partition coefficient (Wildman–Crippen LogP) is 4.47. The average molecular weight is 285 g/mol. The fourth-order valence-electron chi connectivity index (χ4n) is 2.54. The maximum Gasteiger partial charge on any atom is 0.123 e. The Balaban J connectivity index is 1.93. The summed E-state index contributed by atoms with van der Waals surface area (Å²) in [6.45, 7) is 9.50. The first-order valence-corrected chi connectivity index (χ1v) is 7.50. The van der Waals surface area contributed by atoms with Crippen LogP contribution in [0.1, 0.15) is 34.7 Å². The van der Waals surface area contributed by atoms with Gasteiger partial charge in [0.2, 0.25) is 0 Å². The van der Waals surface area contributed by atoms with E-state index in [4.69, 9.17) is 0 Å². The van der Waals surface area contributed by atoms with Crippen molar-refractivity contribution in [2.24, 2.45) is 0 Å². The van der Waals surface area contributed by atoms with Crippen LogP contribution in [0.2, 0.25) is 0 Å². The Morgan fingerprint density at radius 1 is 0.952 bits per heavy atom. The second-order valence-electron chi connectivity index (χ2n) is 5.98. The van der Waals surface area contributed by atoms with Gasteiger partial charge in [-0.1, -0.05) is 24.3 Å². The SMILES string of the molecule is Cc1cc(C)c(CNC(C)Cc2ccc(F)cc2)cc1C. The van der Waals surface area contributed by atoms with E-state index in [0.29, 0.717) is 6.04 Å². The lowest BCUT2D eigenvalue weighted by Gasteiger charge is -2.16. The molecule has 1 atom stereocenters. The van der Waals surface area contributed by atoms with Crippen LogP contribution >= 0.6 is 0 Å². The van der Waals surface area contributed by atoms with Crippen molar-refractivity contribution in [2.45, 2.75) is 46.7 Å². The molecule has 2 aromatic carbocycles. The number of hydrogen-bond acceptors (Lipinski definition) is 1. The summed E-state index contributed by atoms with van der Waals surface area (Å²) in [4.78, 5) is 0. The Morgan fingerprint density at radius 3 is 2.24 bits per heavy atom. The highest BCUT2D eigenvalue weighted by molar-refractivity contribution is 5.36. The van der Waals surface area contributed by atoms with Crippen LogP contribution in [-0.4, -0.2) is 6.04 Å². The standard InChI is InChI=1S/C19H24FN/c1-13-9-15(3)18(10-14(13)2)12-21-16(4)11-17-5-7-19(20)8-6-17/h5-10,16,21H,11-12H2,1-4H3. The third-order valence-corrected chi connectivity index (χ3v) is 4.05. The van der Waals surface area contributed by atoms with Crippen LogP contribution in [0.3, 0.4) is 0 Å². The van der Waals surface area contributed by atoms with Crippen molar-refractivity contribution in [3.63, 3.8) is 0 Å². The molecule has 0 spiro atoms. The Bertz CT molecular complexity index is 602. The lowest BCUT2D eigenvalue weighted by Crippen LogP contribution is -2.27. The molecule has 2 aromatic rings. The summed E-state index contributed by atoms with van der Waals surface area (Å²) in [5, 5.41) is 3.56. The van der Waals surface area contributed by atoms with Crippen molar-refractivity contribution >= 4 is 0 Å². The van der Waals surface area contributed by atoms with E-state index < -0.39 is 0 Å². The number of hydrogen-bond donors (Lipinski definition) is 1. The molecule has 2 rings (SSSR count). The molecule has 0 fully saturated rings. The van der Waals surface area contributed by atoms with Crippen LogP contribution in [0.25, 0.3) is 0 Å². The van der Waals surface area contributed by atoms with E-state index in [9.17, 15) is 4.39 Å². The largest absolute Gasteiger partial charge is 0.310 e. The first-order chi connectivity index (χ1) is 9.95. The van der Waals surface area contributed by atoms with E-state index >= 15 is 0 Å². The number of benzene rings is 2. The monoisotopic (exact) mass is 285 g/mol. The summed E-state index contributed by atoms with van der Waals surface area (Å²) in [5.74, 6) is -0.176. The second-order valence-corrected chi connectivity index (χ2v) is 5.98. The van der Waals surface area contributed by atoms with Crippen molar-refractivity contribution in [3.05, 3.63) is 70.0 Å². The minimum absolute atomic E-state index is 0.176. The van der Waals surface area contributed by atoms with Gasteiger partial charge in [-0.3, -0.25) is 0 Å². The van der Waals surface area contributed by atoms with Crippen molar-refractivity contribution in [1.82, 2.24) is 5.32 Å². The molecular weight excluding hydrogens is 261 g/mol. The van der Waals surface area contributed by atoms with Crippen molar-refractivity contribution < 1.29 is 4.39 Å². The molecule has 0 heterocycles. The van der Waals surface area contributed by atoms with E-state index in [1.165, 1.54) is 34.4 Å². The van der Waals surface area contributed by atoms with Gasteiger partial charge >= 0.3 is 0 Å². The topological polar surface area (TPSA) is 12.0 Å². The van der Waals surface area contributed by atoms with E-state index in [1.54, 1.807) is 0 Å². The molecule has 21 heavy (non-hydrogen) atoms. The first-order valence-electron chi connectivity index (χ1n) is 7.50. The Labute approximate surface area is 127 Å². The van der Waals surface area contributed by atoms with E-state index in [1.807, 2.05) is 12.1 Å². The van der Waals surface area contributed by atoms with Crippen LogP contribution in [-0.2, 0) is 13.0 Å². The summed E-state index contributed by atoms with van der Waals surface area (Å²) in [5.41, 5.74) is 6.52. The van der Waals surface area contributed by atoms with E-state index in [0.717, 1.165) is 18.5 Å². The van der Waals surface area contributed by atoms with Crippen molar-refractivity contribution in [2.75, 3.05) is 0 Å². The quantitative estimate of drug-likeness (QED) is 0.854. The summed E-state index contributed by atoms with van der Waals surface area (Å²) in [6, 6.07) is 11.6. The molecule has 0 amide bonds. The van der Waals surface area contributed by atoms with Gasteiger partial charge in [0.1, 0.15) is 5.82 Å². The number of halogens is 1. The Morgan fingerprint density at radius 2 is 1.57 bits per heavy atom. The lowest BCUT2D eigenvalue weighted by molar-refractivity contribution is 0.543. The van der Waals surface area contributed by atoms with Gasteiger partial charge in [-0.15, -0.1) is 0 Å². The van der Waals surface area contributed by atoms with E-state index in [-0.39, 0.29) is 5.82 Å². The molecule has 2 heteroatoms. The van der Waals surface area contributed by atoms with Crippen LogP contribution in [0.4, 0.5) is 4.39 Å². The zero-order valence-corrected chi connectivity index (χ0v) is 13.3. The van der Waals surface area contributed by atoms with Crippen molar-refractivity contribution in [3.8, 4) is 0 Å². The molecule has 1 unspecified atom stereocenters. The smallest absolute Gasteiger partial charge is 0.123 e. The van der Waals surface area contributed by atoms with Crippen LogP contribution in [0.5, 0.6) is 0 Å². The zero-order valence-electron chi connectivity index (χ0n) is 13.3. The molecule has 0 aliphatic heterocycles. The van der Waals surface area contributed by atoms with Crippen LogP contribution in [0, 0.1) is 26.6 Å². The van der Waals surface area contributed by atoms with Gasteiger partial charge in [0.25, 0.3) is 0 Å². The van der Waals surface area contributed by atoms with E-state index in [2.05, 4.69) is 45.1 Å². The van der Waals surface area contributed by atoms with Gasteiger partial charge in [-0.2, -0.15) is 0 Å². The molecule has 0 radical (unpaired) electrons. The Kier molecular flexibility index (Phi) is 5.13. The normalized spacial score (nSPS) is 12.4. The fraction of sp³-hybridized carbons (Fsp3) is 0.368. The van der Waals surface area contributed by atoms with Crippen LogP contribution in [0.15, 0.2) is 36.4 Å². The summed E-state index contributed by atoms with van der Waals surface area (Å²) < 4.78 is 12.9. The number of aryl methyl sites for hydroxylation is 3. The maximum absolute atomic E-state index is 12.9. The fourth-order valence-corrected chi connectivity index (χ4v) is 2.54.